The Labute approximate surface area is 187 Å². The second-order valence-electron chi connectivity index (χ2n) is 10.4. The number of rotatable bonds is 5. The van der Waals surface area contributed by atoms with Crippen LogP contribution in [0, 0.1) is 29.1 Å². The number of fused-ring (bicyclic) bond motifs is 1. The Morgan fingerprint density at radius 2 is 1.56 bits per heavy atom. The zero-order valence-electron chi connectivity index (χ0n) is 18.6. The highest BCUT2D eigenvalue weighted by atomic mass is 16.7. The van der Waals surface area contributed by atoms with Crippen molar-refractivity contribution in [2.45, 2.75) is 58.4 Å². The summed E-state index contributed by atoms with van der Waals surface area (Å²) in [6.07, 6.45) is 6.60. The van der Waals surface area contributed by atoms with Gasteiger partial charge in [0.2, 0.25) is 12.7 Å². The SMILES string of the molecule is CC(C)C(NC(=O)C12CC3CC(CC(C3)C1)C2)C(=O)NNC(=O)c1ccc2c(c1)OCO2. The lowest BCUT2D eigenvalue weighted by Crippen LogP contribution is -2.59. The van der Waals surface area contributed by atoms with E-state index in [0.29, 0.717) is 34.8 Å². The van der Waals surface area contributed by atoms with E-state index in [0.717, 1.165) is 19.3 Å². The van der Waals surface area contributed by atoms with E-state index in [1.54, 1.807) is 18.2 Å². The summed E-state index contributed by atoms with van der Waals surface area (Å²) in [5, 5.41) is 3.03. The molecule has 4 saturated carbocycles. The van der Waals surface area contributed by atoms with Gasteiger partial charge in [0.1, 0.15) is 6.04 Å². The Hall–Kier alpha value is -2.77. The first-order valence-electron chi connectivity index (χ1n) is 11.6. The Morgan fingerprint density at radius 1 is 0.938 bits per heavy atom. The number of benzene rings is 1. The molecule has 1 aromatic rings. The average Bonchev–Trinajstić information content (AvgIpc) is 3.22. The first-order valence-corrected chi connectivity index (χ1v) is 11.6. The highest BCUT2D eigenvalue weighted by Gasteiger charge is 2.55. The fourth-order valence-corrected chi connectivity index (χ4v) is 6.52. The average molecular weight is 442 g/mol. The van der Waals surface area contributed by atoms with Crippen molar-refractivity contribution < 1.29 is 23.9 Å². The molecule has 0 spiro atoms. The first-order chi connectivity index (χ1) is 15.3. The number of carbonyl (C=O) groups excluding carboxylic acids is 3. The highest BCUT2D eigenvalue weighted by Crippen LogP contribution is 2.60. The molecule has 1 aromatic carbocycles. The molecule has 4 fully saturated rings. The van der Waals surface area contributed by atoms with Crippen molar-refractivity contribution in [3.8, 4) is 11.5 Å². The molecule has 1 heterocycles. The molecule has 4 aliphatic carbocycles. The van der Waals surface area contributed by atoms with E-state index >= 15 is 0 Å². The Bertz CT molecular complexity index is 908. The second-order valence-corrected chi connectivity index (χ2v) is 10.4. The molecule has 3 N–H and O–H groups in total. The van der Waals surface area contributed by atoms with Crippen molar-refractivity contribution in [2.75, 3.05) is 6.79 Å². The van der Waals surface area contributed by atoms with Gasteiger partial charge in [-0.15, -0.1) is 0 Å². The standard InChI is InChI=1S/C24H31N3O5/c1-13(2)20(25-23(30)24-9-14-5-15(10-24)7-16(6-14)11-24)22(29)27-26-21(28)17-3-4-18-19(8-17)32-12-31-18/h3-4,8,13-16,20H,5-7,9-12H2,1-2H3,(H,25,30)(H,26,28)(H,27,29). The number of ether oxygens (including phenoxy) is 2. The van der Waals surface area contributed by atoms with Gasteiger partial charge < -0.3 is 14.8 Å². The van der Waals surface area contributed by atoms with E-state index in [4.69, 9.17) is 9.47 Å². The van der Waals surface area contributed by atoms with E-state index in [-0.39, 0.29) is 24.0 Å². The third-order valence-corrected chi connectivity index (χ3v) is 7.69. The number of amides is 3. The van der Waals surface area contributed by atoms with Crippen LogP contribution in [0.25, 0.3) is 0 Å². The highest BCUT2D eigenvalue weighted by molar-refractivity contribution is 5.97. The Morgan fingerprint density at radius 3 is 2.19 bits per heavy atom. The van der Waals surface area contributed by atoms with Crippen LogP contribution in [0.2, 0.25) is 0 Å². The van der Waals surface area contributed by atoms with Crippen molar-refractivity contribution in [1.82, 2.24) is 16.2 Å². The maximum Gasteiger partial charge on any atom is 0.269 e. The van der Waals surface area contributed by atoms with Crippen LogP contribution in [-0.2, 0) is 9.59 Å². The lowest BCUT2D eigenvalue weighted by molar-refractivity contribution is -0.149. The molecule has 172 valence electrons. The van der Waals surface area contributed by atoms with E-state index < -0.39 is 17.9 Å². The van der Waals surface area contributed by atoms with Crippen LogP contribution in [-0.4, -0.2) is 30.6 Å². The lowest BCUT2D eigenvalue weighted by atomic mass is 9.49. The van der Waals surface area contributed by atoms with E-state index in [2.05, 4.69) is 16.2 Å². The molecule has 1 unspecified atom stereocenters. The van der Waals surface area contributed by atoms with Crippen LogP contribution in [0.1, 0.15) is 62.7 Å². The number of hydrazine groups is 1. The number of nitrogens with one attached hydrogen (secondary N) is 3. The molecule has 0 aromatic heterocycles. The monoisotopic (exact) mass is 441 g/mol. The molecule has 5 aliphatic rings. The molecular formula is C24H31N3O5. The summed E-state index contributed by atoms with van der Waals surface area (Å²) in [5.41, 5.74) is 4.95. The van der Waals surface area contributed by atoms with Crippen LogP contribution in [0.4, 0.5) is 0 Å². The molecule has 0 radical (unpaired) electrons. The summed E-state index contributed by atoms with van der Waals surface area (Å²) < 4.78 is 10.5. The van der Waals surface area contributed by atoms with E-state index in [1.807, 2.05) is 13.8 Å². The maximum atomic E-state index is 13.4. The van der Waals surface area contributed by atoms with E-state index in [1.165, 1.54) is 19.3 Å². The number of carbonyl (C=O) groups is 3. The van der Waals surface area contributed by atoms with Crippen LogP contribution in [0.5, 0.6) is 11.5 Å². The minimum Gasteiger partial charge on any atom is -0.454 e. The predicted molar refractivity (Wildman–Crippen MR) is 116 cm³/mol. The van der Waals surface area contributed by atoms with Gasteiger partial charge in [-0.25, -0.2) is 0 Å². The van der Waals surface area contributed by atoms with Crippen molar-refractivity contribution in [3.05, 3.63) is 23.8 Å². The molecule has 3 amide bonds. The molecule has 1 atom stereocenters. The van der Waals surface area contributed by atoms with Crippen molar-refractivity contribution in [3.63, 3.8) is 0 Å². The van der Waals surface area contributed by atoms with Gasteiger partial charge in [-0.2, -0.15) is 0 Å². The van der Waals surface area contributed by atoms with Crippen molar-refractivity contribution >= 4 is 17.7 Å². The summed E-state index contributed by atoms with van der Waals surface area (Å²) in [7, 11) is 0. The number of hydrogen-bond acceptors (Lipinski definition) is 5. The van der Waals surface area contributed by atoms with Gasteiger partial charge in [0.25, 0.3) is 11.8 Å². The molecule has 8 heteroatoms. The quantitative estimate of drug-likeness (QED) is 0.609. The Balaban J connectivity index is 1.21. The Kier molecular flexibility index (Phi) is 5.26. The molecule has 1 aliphatic heterocycles. The third kappa shape index (κ3) is 3.80. The minimum atomic E-state index is -0.715. The van der Waals surface area contributed by atoms with Gasteiger partial charge in [0, 0.05) is 11.0 Å². The molecule has 8 nitrogen and oxygen atoms in total. The van der Waals surface area contributed by atoms with Crippen molar-refractivity contribution in [2.24, 2.45) is 29.1 Å². The zero-order valence-corrected chi connectivity index (χ0v) is 18.6. The van der Waals surface area contributed by atoms with Crippen molar-refractivity contribution in [1.29, 1.82) is 0 Å². The smallest absolute Gasteiger partial charge is 0.269 e. The van der Waals surface area contributed by atoms with Crippen LogP contribution in [0.15, 0.2) is 18.2 Å². The van der Waals surface area contributed by atoms with Gasteiger partial charge in [-0.1, -0.05) is 13.8 Å². The fourth-order valence-electron chi connectivity index (χ4n) is 6.52. The van der Waals surface area contributed by atoms with Crippen LogP contribution in [0.3, 0.4) is 0 Å². The van der Waals surface area contributed by atoms with Gasteiger partial charge in [0.05, 0.1) is 0 Å². The summed E-state index contributed by atoms with van der Waals surface area (Å²) >= 11 is 0. The van der Waals surface area contributed by atoms with Crippen LogP contribution < -0.4 is 25.6 Å². The van der Waals surface area contributed by atoms with E-state index in [9.17, 15) is 14.4 Å². The lowest BCUT2D eigenvalue weighted by Gasteiger charge is -2.55. The van der Waals surface area contributed by atoms with Crippen LogP contribution >= 0.6 is 0 Å². The minimum absolute atomic E-state index is 0.00699. The second kappa shape index (κ2) is 7.98. The van der Waals surface area contributed by atoms with Gasteiger partial charge in [0.15, 0.2) is 11.5 Å². The molecule has 6 rings (SSSR count). The topological polar surface area (TPSA) is 106 Å². The molecule has 4 bridgehead atoms. The maximum absolute atomic E-state index is 13.4. The summed E-state index contributed by atoms with van der Waals surface area (Å²) in [6.45, 7) is 3.91. The molecular weight excluding hydrogens is 410 g/mol. The number of hydrogen-bond donors (Lipinski definition) is 3. The third-order valence-electron chi connectivity index (χ3n) is 7.69. The summed E-state index contributed by atoms with van der Waals surface area (Å²) in [4.78, 5) is 38.7. The molecule has 0 saturated heterocycles. The van der Waals surface area contributed by atoms with Gasteiger partial charge >= 0.3 is 0 Å². The normalized spacial score (nSPS) is 30.2. The predicted octanol–water partition coefficient (Wildman–Crippen LogP) is 2.53. The fraction of sp³-hybridized carbons (Fsp3) is 0.625. The summed E-state index contributed by atoms with van der Waals surface area (Å²) in [5.74, 6) is 2.03. The first kappa shape index (κ1) is 21.1. The van der Waals surface area contributed by atoms with Gasteiger partial charge in [-0.05, 0) is 80.4 Å². The zero-order chi connectivity index (χ0) is 22.5. The molecule has 32 heavy (non-hydrogen) atoms. The largest absolute Gasteiger partial charge is 0.454 e. The van der Waals surface area contributed by atoms with Gasteiger partial charge in [-0.3, -0.25) is 25.2 Å². The summed E-state index contributed by atoms with van der Waals surface area (Å²) in [6, 6.07) is 4.11.